The number of carbonyl (C=O) groups excluding carboxylic acids is 1. The zero-order valence-corrected chi connectivity index (χ0v) is 18.0. The van der Waals surface area contributed by atoms with Crippen LogP contribution in [-0.4, -0.2) is 23.9 Å². The summed E-state index contributed by atoms with van der Waals surface area (Å²) in [5, 5.41) is 3.06. The summed E-state index contributed by atoms with van der Waals surface area (Å²) in [4.78, 5) is 14.8. The van der Waals surface area contributed by atoms with Crippen molar-refractivity contribution in [3.63, 3.8) is 0 Å². The molecule has 2 aromatic rings. The van der Waals surface area contributed by atoms with E-state index in [9.17, 15) is 4.79 Å². The number of amides is 1. The van der Waals surface area contributed by atoms with Gasteiger partial charge in [-0.05, 0) is 54.1 Å². The number of nitrogens with zero attached hydrogens (tertiary/aromatic N) is 1. The van der Waals surface area contributed by atoms with Crippen LogP contribution in [0.3, 0.4) is 0 Å². The molecule has 0 saturated carbocycles. The van der Waals surface area contributed by atoms with E-state index >= 15 is 0 Å². The Kier molecular flexibility index (Phi) is 10.4. The van der Waals surface area contributed by atoms with E-state index in [1.54, 1.807) is 0 Å². The van der Waals surface area contributed by atoms with Gasteiger partial charge in [0.05, 0.1) is 6.42 Å². The lowest BCUT2D eigenvalue weighted by Crippen LogP contribution is -2.34. The quantitative estimate of drug-likeness (QED) is 0.684. The molecule has 6 heteroatoms. The van der Waals surface area contributed by atoms with Crippen molar-refractivity contribution in [2.75, 3.05) is 18.8 Å². The van der Waals surface area contributed by atoms with Crippen molar-refractivity contribution in [3.05, 3.63) is 65.2 Å². The number of carbonyl (C=O) groups is 1. The molecule has 1 fully saturated rings. The van der Waals surface area contributed by atoms with E-state index in [-0.39, 0.29) is 30.7 Å². The molecule has 0 aromatic heterocycles. The van der Waals surface area contributed by atoms with E-state index in [0.717, 1.165) is 30.3 Å². The Morgan fingerprint density at radius 2 is 1.79 bits per heavy atom. The lowest BCUT2D eigenvalue weighted by atomic mass is 9.99. The van der Waals surface area contributed by atoms with E-state index in [2.05, 4.69) is 35.3 Å². The maximum absolute atomic E-state index is 12.3. The molecule has 1 heterocycles. The normalized spacial score (nSPS) is 16.5. The number of nitrogens with two attached hydrogens (primary N) is 1. The highest BCUT2D eigenvalue weighted by molar-refractivity contribution is 5.85. The third-order valence-corrected chi connectivity index (χ3v) is 5.07. The summed E-state index contributed by atoms with van der Waals surface area (Å²) in [6, 6.07) is 15.9. The van der Waals surface area contributed by atoms with E-state index in [0.29, 0.717) is 13.0 Å². The highest BCUT2D eigenvalue weighted by Gasteiger charge is 2.17. The molecule has 0 aliphatic carbocycles. The number of halogens is 2. The summed E-state index contributed by atoms with van der Waals surface area (Å²) in [7, 11) is 0. The summed E-state index contributed by atoms with van der Waals surface area (Å²) in [6.07, 6.45) is 2.99. The van der Waals surface area contributed by atoms with Crippen molar-refractivity contribution >= 4 is 36.4 Å². The van der Waals surface area contributed by atoms with Crippen LogP contribution in [0.2, 0.25) is 0 Å². The first-order chi connectivity index (χ1) is 12.6. The van der Waals surface area contributed by atoms with E-state index < -0.39 is 0 Å². The number of anilines is 1. The van der Waals surface area contributed by atoms with Crippen molar-refractivity contribution < 1.29 is 4.79 Å². The van der Waals surface area contributed by atoms with Crippen molar-refractivity contribution in [2.24, 2.45) is 5.92 Å². The third-order valence-electron chi connectivity index (χ3n) is 5.07. The number of nitrogens with one attached hydrogen (secondary N) is 1. The van der Waals surface area contributed by atoms with Crippen LogP contribution in [0, 0.1) is 5.92 Å². The number of nitrogen functional groups attached to an aromatic ring is 1. The van der Waals surface area contributed by atoms with Gasteiger partial charge < -0.3 is 11.1 Å². The van der Waals surface area contributed by atoms with Crippen LogP contribution in [0.15, 0.2) is 48.5 Å². The van der Waals surface area contributed by atoms with Crippen LogP contribution < -0.4 is 11.1 Å². The van der Waals surface area contributed by atoms with E-state index in [4.69, 9.17) is 5.73 Å². The number of rotatable bonds is 6. The van der Waals surface area contributed by atoms with Gasteiger partial charge >= 0.3 is 0 Å². The number of benzene rings is 2. The molecule has 0 spiro atoms. The van der Waals surface area contributed by atoms with Crippen molar-refractivity contribution in [3.8, 4) is 0 Å². The molecular formula is C22H31Cl2N3O. The molecule has 1 unspecified atom stereocenters. The number of likely N-dealkylation sites (tertiary alicyclic amines) is 1. The van der Waals surface area contributed by atoms with Gasteiger partial charge in [-0.2, -0.15) is 0 Å². The summed E-state index contributed by atoms with van der Waals surface area (Å²) < 4.78 is 0. The van der Waals surface area contributed by atoms with Crippen molar-refractivity contribution in [2.45, 2.75) is 39.3 Å². The Bertz CT molecular complexity index is 737. The molecule has 154 valence electrons. The van der Waals surface area contributed by atoms with Crippen LogP contribution >= 0.6 is 24.8 Å². The first-order valence-corrected chi connectivity index (χ1v) is 9.50. The van der Waals surface area contributed by atoms with Crippen LogP contribution in [0.5, 0.6) is 0 Å². The first-order valence-electron chi connectivity index (χ1n) is 9.50. The molecular weight excluding hydrogens is 393 g/mol. The molecule has 1 atom stereocenters. The zero-order chi connectivity index (χ0) is 18.4. The number of hydrogen-bond acceptors (Lipinski definition) is 3. The topological polar surface area (TPSA) is 58.4 Å². The minimum absolute atomic E-state index is 0. The molecule has 1 saturated heterocycles. The lowest BCUT2D eigenvalue weighted by molar-refractivity contribution is -0.120. The smallest absolute Gasteiger partial charge is 0.224 e. The Labute approximate surface area is 180 Å². The second-order valence-electron chi connectivity index (χ2n) is 7.45. The molecule has 4 nitrogen and oxygen atoms in total. The lowest BCUT2D eigenvalue weighted by Gasteiger charge is -2.31. The maximum Gasteiger partial charge on any atom is 0.224 e. The first kappa shape index (κ1) is 24.3. The van der Waals surface area contributed by atoms with Crippen molar-refractivity contribution in [1.82, 2.24) is 10.2 Å². The molecule has 3 rings (SSSR count). The van der Waals surface area contributed by atoms with Crippen molar-refractivity contribution in [1.29, 1.82) is 0 Å². The Morgan fingerprint density at radius 3 is 2.46 bits per heavy atom. The molecule has 3 N–H and O–H groups in total. The SMILES string of the molecule is CC1CCCN(Cc2ccccc2CNC(=O)Cc2ccc(N)cc2)C1.Cl.Cl. The van der Waals surface area contributed by atoms with Crippen LogP contribution in [0.4, 0.5) is 5.69 Å². The molecule has 0 radical (unpaired) electrons. The Balaban J connectivity index is 0.00000196. The third kappa shape index (κ3) is 7.34. The fourth-order valence-corrected chi connectivity index (χ4v) is 3.63. The predicted octanol–water partition coefficient (Wildman–Crippen LogP) is 4.20. The maximum atomic E-state index is 12.3. The summed E-state index contributed by atoms with van der Waals surface area (Å²) >= 11 is 0. The van der Waals surface area contributed by atoms with Gasteiger partial charge in [0.25, 0.3) is 0 Å². The highest BCUT2D eigenvalue weighted by atomic mass is 35.5. The van der Waals surface area contributed by atoms with Gasteiger partial charge in [-0.25, -0.2) is 0 Å². The van der Waals surface area contributed by atoms with Gasteiger partial charge in [-0.3, -0.25) is 9.69 Å². The van der Waals surface area contributed by atoms with Gasteiger partial charge in [0.1, 0.15) is 0 Å². The predicted molar refractivity (Wildman–Crippen MR) is 121 cm³/mol. The summed E-state index contributed by atoms with van der Waals surface area (Å²) in [5.41, 5.74) is 9.91. The minimum atomic E-state index is 0. The standard InChI is InChI=1S/C22H29N3O.2ClH/c1-17-5-4-12-25(15-17)16-20-7-3-2-6-19(20)14-24-22(26)13-18-8-10-21(23)11-9-18;;/h2-3,6-11,17H,4-5,12-16,23H2,1H3,(H,24,26);2*1H. The number of hydrogen-bond donors (Lipinski definition) is 2. The van der Waals surface area contributed by atoms with Gasteiger partial charge in [-0.1, -0.05) is 43.3 Å². The molecule has 28 heavy (non-hydrogen) atoms. The largest absolute Gasteiger partial charge is 0.399 e. The molecule has 1 aliphatic rings. The van der Waals surface area contributed by atoms with Gasteiger partial charge in [0.2, 0.25) is 5.91 Å². The fraction of sp³-hybridized carbons (Fsp3) is 0.409. The van der Waals surface area contributed by atoms with Crippen LogP contribution in [0.25, 0.3) is 0 Å². The minimum Gasteiger partial charge on any atom is -0.399 e. The summed E-state index contributed by atoms with van der Waals surface area (Å²) in [5.74, 6) is 0.812. The van der Waals surface area contributed by atoms with Crippen LogP contribution in [0.1, 0.15) is 36.5 Å². The molecule has 2 aromatic carbocycles. The second-order valence-corrected chi connectivity index (χ2v) is 7.45. The summed E-state index contributed by atoms with van der Waals surface area (Å²) in [6.45, 7) is 6.21. The zero-order valence-electron chi connectivity index (χ0n) is 16.4. The fourth-order valence-electron chi connectivity index (χ4n) is 3.63. The van der Waals surface area contributed by atoms with E-state index in [1.807, 2.05) is 30.3 Å². The monoisotopic (exact) mass is 423 g/mol. The molecule has 1 aliphatic heterocycles. The average molecular weight is 424 g/mol. The second kappa shape index (κ2) is 11.9. The van der Waals surface area contributed by atoms with Gasteiger partial charge in [-0.15, -0.1) is 24.8 Å². The molecule has 0 bridgehead atoms. The average Bonchev–Trinajstić information content (AvgIpc) is 2.63. The van der Waals surface area contributed by atoms with Crippen LogP contribution in [-0.2, 0) is 24.3 Å². The van der Waals surface area contributed by atoms with E-state index in [1.165, 1.54) is 30.5 Å². The molecule has 1 amide bonds. The van der Waals surface area contributed by atoms with Gasteiger partial charge in [0.15, 0.2) is 0 Å². The Hall–Kier alpha value is -1.75. The highest BCUT2D eigenvalue weighted by Crippen LogP contribution is 2.19. The van der Waals surface area contributed by atoms with Gasteiger partial charge in [0, 0.05) is 25.3 Å². The number of piperidine rings is 1. The Morgan fingerprint density at radius 1 is 1.11 bits per heavy atom.